The van der Waals surface area contributed by atoms with Gasteiger partial charge in [-0.1, -0.05) is 34.8 Å². The van der Waals surface area contributed by atoms with Crippen LogP contribution in [0.5, 0.6) is 0 Å². The minimum Gasteiger partial charge on any atom is -0.154 e. The highest BCUT2D eigenvalue weighted by molar-refractivity contribution is 8.00. The van der Waals surface area contributed by atoms with Crippen molar-refractivity contribution in [3.8, 4) is 0 Å². The Bertz CT molecular complexity index is 92.9. The third kappa shape index (κ3) is 2.38. The summed E-state index contributed by atoms with van der Waals surface area (Å²) in [4.78, 5) is 0. The predicted molar refractivity (Wildman–Crippen MR) is 45.8 cm³/mol. The van der Waals surface area contributed by atoms with Crippen LogP contribution in [0, 0.1) is 0 Å². The highest BCUT2D eigenvalue weighted by Crippen LogP contribution is 2.43. The molecule has 0 radical (unpaired) electrons. The van der Waals surface area contributed by atoms with Gasteiger partial charge in [-0.05, 0) is 18.6 Å². The second-order valence-electron chi connectivity index (χ2n) is 2.04. The molecule has 0 aromatic rings. The van der Waals surface area contributed by atoms with Crippen molar-refractivity contribution in [1.29, 1.82) is 0 Å². The zero-order valence-electron chi connectivity index (χ0n) is 4.74. The van der Waals surface area contributed by atoms with Gasteiger partial charge in [0.15, 0.2) is 0 Å². The van der Waals surface area contributed by atoms with Crippen LogP contribution >= 0.6 is 46.6 Å². The molecule has 54 valence electrons. The third-order valence-corrected chi connectivity index (χ3v) is 3.99. The van der Waals surface area contributed by atoms with Crippen molar-refractivity contribution in [3.05, 3.63) is 0 Å². The Kier molecular flexibility index (Phi) is 2.85. The largest absolute Gasteiger partial charge is 0.202 e. The lowest BCUT2D eigenvalue weighted by Crippen LogP contribution is -2.18. The molecule has 1 fully saturated rings. The summed E-state index contributed by atoms with van der Waals surface area (Å²) in [5, 5.41) is 0.225. The summed E-state index contributed by atoms with van der Waals surface area (Å²) in [6.07, 6.45) is 2.23. The minimum absolute atomic E-state index is 0.225. The highest BCUT2D eigenvalue weighted by Gasteiger charge is 2.34. The van der Waals surface area contributed by atoms with Gasteiger partial charge in [-0.25, -0.2) is 0 Å². The molecular formula is C5H7Cl3S. The maximum absolute atomic E-state index is 5.65. The molecule has 1 unspecified atom stereocenters. The minimum atomic E-state index is -1.04. The van der Waals surface area contributed by atoms with E-state index in [0.717, 1.165) is 12.2 Å². The summed E-state index contributed by atoms with van der Waals surface area (Å²) in [5.41, 5.74) is 0. The summed E-state index contributed by atoms with van der Waals surface area (Å²) in [6.45, 7) is 0. The van der Waals surface area contributed by atoms with E-state index < -0.39 is 3.79 Å². The lowest BCUT2D eigenvalue weighted by atomic mass is 10.3. The molecule has 0 saturated carbocycles. The van der Waals surface area contributed by atoms with E-state index in [2.05, 4.69) is 0 Å². The van der Waals surface area contributed by atoms with Gasteiger partial charge in [-0.2, -0.15) is 11.8 Å². The highest BCUT2D eigenvalue weighted by atomic mass is 35.6. The van der Waals surface area contributed by atoms with Crippen LogP contribution in [0.2, 0.25) is 0 Å². The first-order chi connectivity index (χ1) is 4.11. The second kappa shape index (κ2) is 3.08. The number of thioether (sulfide) groups is 1. The summed E-state index contributed by atoms with van der Waals surface area (Å²) in [7, 11) is 0. The molecule has 1 aliphatic heterocycles. The average Bonchev–Trinajstić information content (AvgIpc) is 2.08. The van der Waals surface area contributed by atoms with Crippen LogP contribution in [0.15, 0.2) is 0 Å². The Balaban J connectivity index is 2.42. The zero-order valence-corrected chi connectivity index (χ0v) is 7.83. The van der Waals surface area contributed by atoms with E-state index in [1.54, 1.807) is 11.8 Å². The lowest BCUT2D eigenvalue weighted by Gasteiger charge is -2.17. The Morgan fingerprint density at radius 2 is 2.00 bits per heavy atom. The summed E-state index contributed by atoms with van der Waals surface area (Å²) in [5.74, 6) is 1.14. The number of rotatable bonds is 0. The van der Waals surface area contributed by atoms with Gasteiger partial charge in [-0.15, -0.1) is 0 Å². The average molecular weight is 206 g/mol. The summed E-state index contributed by atoms with van der Waals surface area (Å²) >= 11 is 18.7. The fourth-order valence-corrected chi connectivity index (χ4v) is 2.87. The molecule has 1 heterocycles. The molecule has 0 amide bonds. The van der Waals surface area contributed by atoms with Crippen molar-refractivity contribution in [2.45, 2.75) is 21.9 Å². The zero-order chi connectivity index (χ0) is 6.91. The first-order valence-electron chi connectivity index (χ1n) is 2.79. The van der Waals surface area contributed by atoms with Crippen LogP contribution in [0.3, 0.4) is 0 Å². The monoisotopic (exact) mass is 204 g/mol. The maximum atomic E-state index is 5.65. The van der Waals surface area contributed by atoms with Gasteiger partial charge in [0.25, 0.3) is 0 Å². The molecule has 1 rings (SSSR count). The van der Waals surface area contributed by atoms with E-state index in [1.165, 1.54) is 6.42 Å². The first-order valence-corrected chi connectivity index (χ1v) is 4.97. The molecule has 0 spiro atoms. The fourth-order valence-electron chi connectivity index (χ4n) is 0.836. The van der Waals surface area contributed by atoms with Gasteiger partial charge in [0, 0.05) is 0 Å². The predicted octanol–water partition coefficient (Wildman–Crippen LogP) is 3.25. The van der Waals surface area contributed by atoms with E-state index in [4.69, 9.17) is 34.8 Å². The molecular weight excluding hydrogens is 198 g/mol. The fraction of sp³-hybridized carbons (Fsp3) is 1.00. The third-order valence-electron chi connectivity index (χ3n) is 1.29. The molecule has 4 heteroatoms. The van der Waals surface area contributed by atoms with Crippen LogP contribution < -0.4 is 0 Å². The summed E-state index contributed by atoms with van der Waals surface area (Å²) in [6, 6.07) is 0. The van der Waals surface area contributed by atoms with Crippen LogP contribution in [0.4, 0.5) is 0 Å². The quantitative estimate of drug-likeness (QED) is 0.547. The van der Waals surface area contributed by atoms with Crippen LogP contribution in [0.1, 0.15) is 12.8 Å². The van der Waals surface area contributed by atoms with E-state index in [0.29, 0.717) is 0 Å². The summed E-state index contributed by atoms with van der Waals surface area (Å²) < 4.78 is -1.04. The SMILES string of the molecule is ClC(Cl)(Cl)C1CCCS1. The lowest BCUT2D eigenvalue weighted by molar-refractivity contribution is 0.796. The first kappa shape index (κ1) is 8.32. The molecule has 1 saturated heterocycles. The van der Waals surface area contributed by atoms with Gasteiger partial charge in [-0.3, -0.25) is 0 Å². The van der Waals surface area contributed by atoms with E-state index in [9.17, 15) is 0 Å². The Hall–Kier alpha value is 1.22. The topological polar surface area (TPSA) is 0 Å². The number of hydrogen-bond donors (Lipinski definition) is 0. The van der Waals surface area contributed by atoms with Crippen molar-refractivity contribution >= 4 is 46.6 Å². The standard InChI is InChI=1S/C5H7Cl3S/c6-5(7,8)4-2-1-3-9-4/h4H,1-3H2. The number of alkyl halides is 3. The van der Waals surface area contributed by atoms with Gasteiger partial charge in [0.1, 0.15) is 0 Å². The molecule has 0 nitrogen and oxygen atoms in total. The van der Waals surface area contributed by atoms with E-state index >= 15 is 0 Å². The van der Waals surface area contributed by atoms with Gasteiger partial charge in [0.2, 0.25) is 3.79 Å². The van der Waals surface area contributed by atoms with Crippen LogP contribution in [-0.2, 0) is 0 Å². The number of halogens is 3. The smallest absolute Gasteiger partial charge is 0.154 e. The molecule has 0 aromatic carbocycles. The van der Waals surface area contributed by atoms with Crippen molar-refractivity contribution < 1.29 is 0 Å². The van der Waals surface area contributed by atoms with Crippen LogP contribution in [-0.4, -0.2) is 14.8 Å². The molecule has 0 N–H and O–H groups in total. The second-order valence-corrected chi connectivity index (χ2v) is 5.72. The van der Waals surface area contributed by atoms with Gasteiger partial charge < -0.3 is 0 Å². The van der Waals surface area contributed by atoms with Crippen LogP contribution in [0.25, 0.3) is 0 Å². The van der Waals surface area contributed by atoms with E-state index in [-0.39, 0.29) is 5.25 Å². The van der Waals surface area contributed by atoms with Gasteiger partial charge >= 0.3 is 0 Å². The molecule has 9 heavy (non-hydrogen) atoms. The van der Waals surface area contributed by atoms with Crippen molar-refractivity contribution in [2.75, 3.05) is 5.75 Å². The number of hydrogen-bond acceptors (Lipinski definition) is 1. The van der Waals surface area contributed by atoms with Crippen molar-refractivity contribution in [1.82, 2.24) is 0 Å². The van der Waals surface area contributed by atoms with E-state index in [1.807, 2.05) is 0 Å². The Morgan fingerprint density at radius 3 is 2.22 bits per heavy atom. The normalized spacial score (nSPS) is 29.0. The molecule has 0 bridgehead atoms. The van der Waals surface area contributed by atoms with Crippen molar-refractivity contribution in [2.24, 2.45) is 0 Å². The van der Waals surface area contributed by atoms with Gasteiger partial charge in [0.05, 0.1) is 5.25 Å². The Labute approximate surface area is 74.2 Å². The maximum Gasteiger partial charge on any atom is 0.202 e. The molecule has 1 aliphatic rings. The van der Waals surface area contributed by atoms with Crippen molar-refractivity contribution in [3.63, 3.8) is 0 Å². The molecule has 1 atom stereocenters. The Morgan fingerprint density at radius 1 is 1.33 bits per heavy atom. The molecule has 0 aliphatic carbocycles. The molecule has 0 aromatic heterocycles.